The second-order valence-electron chi connectivity index (χ2n) is 5.75. The van der Waals surface area contributed by atoms with Crippen molar-refractivity contribution in [2.45, 2.75) is 40.2 Å². The minimum atomic E-state index is -0.945. The van der Waals surface area contributed by atoms with E-state index < -0.39 is 12.1 Å². The highest BCUT2D eigenvalue weighted by Gasteiger charge is 2.21. The first-order chi connectivity index (χ1) is 10.4. The smallest absolute Gasteiger partial charge is 0.345 e. The molecule has 2 aromatic carbocycles. The molecule has 2 aromatic rings. The molecule has 0 saturated carbocycles. The van der Waals surface area contributed by atoms with Gasteiger partial charge in [0.1, 0.15) is 5.75 Å². The first kappa shape index (κ1) is 16.1. The number of carboxylic acids is 1. The number of rotatable bonds is 5. The Morgan fingerprint density at radius 3 is 2.41 bits per heavy atom. The lowest BCUT2D eigenvalue weighted by atomic mass is 9.98. The number of carbonyl (C=O) groups is 1. The summed E-state index contributed by atoms with van der Waals surface area (Å²) in [6, 6.07) is 11.6. The van der Waals surface area contributed by atoms with Crippen molar-refractivity contribution in [3.63, 3.8) is 0 Å². The van der Waals surface area contributed by atoms with Crippen LogP contribution in [0.15, 0.2) is 36.4 Å². The second kappa shape index (κ2) is 6.65. The van der Waals surface area contributed by atoms with Crippen molar-refractivity contribution in [1.82, 2.24) is 0 Å². The van der Waals surface area contributed by atoms with Crippen LogP contribution >= 0.6 is 0 Å². The largest absolute Gasteiger partial charge is 0.478 e. The van der Waals surface area contributed by atoms with Gasteiger partial charge in [0.15, 0.2) is 6.10 Å². The Morgan fingerprint density at radius 2 is 1.77 bits per heavy atom. The highest BCUT2D eigenvalue weighted by Crippen LogP contribution is 2.21. The standard InChI is InChI=1S/C19H22O3/c1-12-8-9-17(10-14(12)3)22-18(19(20)21)11-16-7-5-6-13(2)15(16)4/h5-10,18H,11H2,1-4H3,(H,20,21)/t18-/m0/s1. The molecule has 0 aliphatic carbocycles. The van der Waals surface area contributed by atoms with E-state index in [0.717, 1.165) is 27.8 Å². The molecule has 0 bridgehead atoms. The molecule has 0 heterocycles. The van der Waals surface area contributed by atoms with Crippen molar-refractivity contribution in [1.29, 1.82) is 0 Å². The number of hydrogen-bond donors (Lipinski definition) is 1. The lowest BCUT2D eigenvalue weighted by molar-refractivity contribution is -0.145. The van der Waals surface area contributed by atoms with Gasteiger partial charge in [-0.1, -0.05) is 24.3 Å². The van der Waals surface area contributed by atoms with Crippen LogP contribution < -0.4 is 4.74 Å². The number of aliphatic carboxylic acids is 1. The fourth-order valence-electron chi connectivity index (χ4n) is 2.36. The Balaban J connectivity index is 2.21. The van der Waals surface area contributed by atoms with Crippen LogP contribution in [0.2, 0.25) is 0 Å². The molecular weight excluding hydrogens is 276 g/mol. The van der Waals surface area contributed by atoms with Gasteiger partial charge in [0, 0.05) is 6.42 Å². The highest BCUT2D eigenvalue weighted by molar-refractivity contribution is 5.73. The molecule has 0 amide bonds. The van der Waals surface area contributed by atoms with Gasteiger partial charge in [-0.25, -0.2) is 4.79 Å². The summed E-state index contributed by atoms with van der Waals surface area (Å²) in [4.78, 5) is 11.5. The molecule has 3 nitrogen and oxygen atoms in total. The summed E-state index contributed by atoms with van der Waals surface area (Å²) < 4.78 is 5.71. The molecule has 0 aromatic heterocycles. The fourth-order valence-corrected chi connectivity index (χ4v) is 2.36. The summed E-state index contributed by atoms with van der Waals surface area (Å²) in [5.41, 5.74) is 5.55. The van der Waals surface area contributed by atoms with Crippen LogP contribution in [-0.2, 0) is 11.2 Å². The Hall–Kier alpha value is -2.29. The van der Waals surface area contributed by atoms with Crippen LogP contribution in [0.25, 0.3) is 0 Å². The number of aryl methyl sites for hydroxylation is 3. The molecule has 0 aliphatic rings. The van der Waals surface area contributed by atoms with E-state index in [1.54, 1.807) is 0 Å². The van der Waals surface area contributed by atoms with E-state index in [1.807, 2.05) is 64.1 Å². The van der Waals surface area contributed by atoms with E-state index >= 15 is 0 Å². The maximum atomic E-state index is 11.5. The SMILES string of the molecule is Cc1ccc(O[C@@H](Cc2cccc(C)c2C)C(=O)O)cc1C. The van der Waals surface area contributed by atoms with Crippen molar-refractivity contribution in [2.24, 2.45) is 0 Å². The number of carboxylic acid groups (broad SMARTS) is 1. The van der Waals surface area contributed by atoms with E-state index in [0.29, 0.717) is 12.2 Å². The zero-order valence-electron chi connectivity index (χ0n) is 13.5. The van der Waals surface area contributed by atoms with Crippen LogP contribution in [0.4, 0.5) is 0 Å². The van der Waals surface area contributed by atoms with Crippen molar-refractivity contribution in [3.05, 3.63) is 64.2 Å². The van der Waals surface area contributed by atoms with Crippen LogP contribution in [0.3, 0.4) is 0 Å². The maximum absolute atomic E-state index is 11.5. The van der Waals surface area contributed by atoms with Gasteiger partial charge in [0.2, 0.25) is 0 Å². The van der Waals surface area contributed by atoms with Crippen LogP contribution in [0.1, 0.15) is 27.8 Å². The minimum absolute atomic E-state index is 0.357. The highest BCUT2D eigenvalue weighted by atomic mass is 16.5. The molecule has 2 rings (SSSR count). The predicted octanol–water partition coefficient (Wildman–Crippen LogP) is 3.99. The normalized spacial score (nSPS) is 12.0. The first-order valence-electron chi connectivity index (χ1n) is 7.40. The van der Waals surface area contributed by atoms with Crippen LogP contribution in [0, 0.1) is 27.7 Å². The van der Waals surface area contributed by atoms with Gasteiger partial charge in [0.05, 0.1) is 0 Å². The predicted molar refractivity (Wildman–Crippen MR) is 87.6 cm³/mol. The third-order valence-corrected chi connectivity index (χ3v) is 4.15. The Kier molecular flexibility index (Phi) is 4.86. The number of hydrogen-bond acceptors (Lipinski definition) is 2. The van der Waals surface area contributed by atoms with E-state index in [2.05, 4.69) is 0 Å². The third-order valence-electron chi connectivity index (χ3n) is 4.15. The van der Waals surface area contributed by atoms with Crippen LogP contribution in [0.5, 0.6) is 5.75 Å². The summed E-state index contributed by atoms with van der Waals surface area (Å²) in [6.45, 7) is 8.05. The zero-order chi connectivity index (χ0) is 16.3. The molecule has 0 saturated heterocycles. The average Bonchev–Trinajstić information content (AvgIpc) is 2.46. The lowest BCUT2D eigenvalue weighted by Crippen LogP contribution is -2.29. The number of ether oxygens (including phenoxy) is 1. The molecule has 0 fully saturated rings. The summed E-state index contributed by atoms with van der Waals surface area (Å²) in [5, 5.41) is 9.45. The van der Waals surface area contributed by atoms with Crippen molar-refractivity contribution >= 4 is 5.97 Å². The minimum Gasteiger partial charge on any atom is -0.478 e. The molecule has 0 aliphatic heterocycles. The van der Waals surface area contributed by atoms with Crippen molar-refractivity contribution < 1.29 is 14.6 Å². The first-order valence-corrected chi connectivity index (χ1v) is 7.40. The van der Waals surface area contributed by atoms with E-state index in [-0.39, 0.29) is 0 Å². The van der Waals surface area contributed by atoms with Gasteiger partial charge in [-0.15, -0.1) is 0 Å². The molecule has 1 N–H and O–H groups in total. The molecule has 3 heteroatoms. The topological polar surface area (TPSA) is 46.5 Å². The zero-order valence-corrected chi connectivity index (χ0v) is 13.5. The van der Waals surface area contributed by atoms with E-state index in [9.17, 15) is 9.90 Å². The van der Waals surface area contributed by atoms with Gasteiger partial charge in [0.25, 0.3) is 0 Å². The second-order valence-corrected chi connectivity index (χ2v) is 5.75. The summed E-state index contributed by atoms with van der Waals surface area (Å²) in [6.07, 6.45) is -0.530. The van der Waals surface area contributed by atoms with Gasteiger partial charge in [-0.3, -0.25) is 0 Å². The Bertz CT molecular complexity index is 689. The molecular formula is C19H22O3. The fraction of sp³-hybridized carbons (Fsp3) is 0.316. The quantitative estimate of drug-likeness (QED) is 0.907. The Morgan fingerprint density at radius 1 is 1.05 bits per heavy atom. The van der Waals surface area contributed by atoms with E-state index in [1.165, 1.54) is 0 Å². The third kappa shape index (κ3) is 3.67. The molecule has 22 heavy (non-hydrogen) atoms. The summed E-state index contributed by atoms with van der Waals surface area (Å²) in [5.74, 6) is -0.347. The summed E-state index contributed by atoms with van der Waals surface area (Å²) in [7, 11) is 0. The van der Waals surface area contributed by atoms with E-state index in [4.69, 9.17) is 4.74 Å². The van der Waals surface area contributed by atoms with Gasteiger partial charge < -0.3 is 9.84 Å². The maximum Gasteiger partial charge on any atom is 0.345 e. The van der Waals surface area contributed by atoms with Gasteiger partial charge in [-0.05, 0) is 67.6 Å². The van der Waals surface area contributed by atoms with Gasteiger partial charge in [-0.2, -0.15) is 0 Å². The molecule has 0 unspecified atom stereocenters. The monoisotopic (exact) mass is 298 g/mol. The van der Waals surface area contributed by atoms with Crippen molar-refractivity contribution in [2.75, 3.05) is 0 Å². The average molecular weight is 298 g/mol. The lowest BCUT2D eigenvalue weighted by Gasteiger charge is -2.18. The number of benzene rings is 2. The summed E-state index contributed by atoms with van der Waals surface area (Å²) >= 11 is 0. The van der Waals surface area contributed by atoms with Crippen molar-refractivity contribution in [3.8, 4) is 5.75 Å². The Labute approximate surface area is 131 Å². The molecule has 116 valence electrons. The molecule has 0 spiro atoms. The van der Waals surface area contributed by atoms with Crippen LogP contribution in [-0.4, -0.2) is 17.2 Å². The van der Waals surface area contributed by atoms with Gasteiger partial charge >= 0.3 is 5.97 Å². The molecule has 0 radical (unpaired) electrons. The molecule has 1 atom stereocenters.